The van der Waals surface area contributed by atoms with Gasteiger partial charge in [-0.15, -0.1) is 0 Å². The summed E-state index contributed by atoms with van der Waals surface area (Å²) in [4.78, 5) is 2.30. The Balaban J connectivity index is 1.73. The molecule has 1 aliphatic carbocycles. The maximum Gasteiger partial charge on any atom is 0.391 e. The zero-order valence-corrected chi connectivity index (χ0v) is 12.5. The van der Waals surface area contributed by atoms with Crippen molar-refractivity contribution in [3.05, 3.63) is 0 Å². The van der Waals surface area contributed by atoms with Crippen molar-refractivity contribution in [1.29, 1.82) is 0 Å². The van der Waals surface area contributed by atoms with E-state index in [1.807, 2.05) is 0 Å². The molecule has 1 saturated heterocycles. The van der Waals surface area contributed by atoms with E-state index in [4.69, 9.17) is 0 Å². The molecule has 20 heavy (non-hydrogen) atoms. The van der Waals surface area contributed by atoms with Gasteiger partial charge in [0.25, 0.3) is 0 Å². The topological polar surface area (TPSA) is 15.3 Å². The highest BCUT2D eigenvalue weighted by Crippen LogP contribution is 2.36. The van der Waals surface area contributed by atoms with Gasteiger partial charge in [0.05, 0.1) is 5.92 Å². The van der Waals surface area contributed by atoms with Gasteiger partial charge < -0.3 is 10.2 Å². The van der Waals surface area contributed by atoms with Crippen molar-refractivity contribution in [2.75, 3.05) is 13.1 Å². The Morgan fingerprint density at radius 3 is 1.95 bits per heavy atom. The van der Waals surface area contributed by atoms with Crippen LogP contribution in [0.5, 0.6) is 0 Å². The van der Waals surface area contributed by atoms with Crippen molar-refractivity contribution >= 4 is 0 Å². The SMILES string of the molecule is CC(C)NC1CCC(N2CCC(C(F)(F)F)CC2)CC1. The zero-order chi connectivity index (χ0) is 14.8. The van der Waals surface area contributed by atoms with Crippen LogP contribution in [0.2, 0.25) is 0 Å². The summed E-state index contributed by atoms with van der Waals surface area (Å²) in [6, 6.07) is 1.62. The van der Waals surface area contributed by atoms with Crippen molar-refractivity contribution in [3.8, 4) is 0 Å². The third-order valence-electron chi connectivity index (χ3n) is 4.77. The molecule has 1 N–H and O–H groups in total. The van der Waals surface area contributed by atoms with E-state index in [0.717, 1.165) is 25.7 Å². The first-order chi connectivity index (χ1) is 9.36. The highest BCUT2D eigenvalue weighted by atomic mass is 19.4. The fourth-order valence-corrected chi connectivity index (χ4v) is 3.67. The van der Waals surface area contributed by atoms with Crippen LogP contribution < -0.4 is 5.32 Å². The van der Waals surface area contributed by atoms with Gasteiger partial charge in [-0.2, -0.15) is 13.2 Å². The summed E-state index contributed by atoms with van der Waals surface area (Å²) in [5, 5.41) is 3.56. The van der Waals surface area contributed by atoms with Gasteiger partial charge in [-0.1, -0.05) is 13.8 Å². The minimum Gasteiger partial charge on any atom is -0.312 e. The first-order valence-electron chi connectivity index (χ1n) is 7.93. The average Bonchev–Trinajstić information content (AvgIpc) is 2.38. The molecule has 118 valence electrons. The Labute approximate surface area is 120 Å². The van der Waals surface area contributed by atoms with Gasteiger partial charge in [-0.25, -0.2) is 0 Å². The second-order valence-electron chi connectivity index (χ2n) is 6.68. The van der Waals surface area contributed by atoms with Crippen LogP contribution in [0.1, 0.15) is 52.4 Å². The van der Waals surface area contributed by atoms with Gasteiger partial charge in [0, 0.05) is 18.1 Å². The van der Waals surface area contributed by atoms with Crippen LogP contribution in [0.25, 0.3) is 0 Å². The van der Waals surface area contributed by atoms with Crippen LogP contribution in [-0.4, -0.2) is 42.3 Å². The molecule has 2 fully saturated rings. The fourth-order valence-electron chi connectivity index (χ4n) is 3.67. The van der Waals surface area contributed by atoms with E-state index in [2.05, 4.69) is 24.1 Å². The molecule has 0 aromatic carbocycles. The molecule has 2 rings (SSSR count). The first-order valence-corrected chi connectivity index (χ1v) is 7.93. The van der Waals surface area contributed by atoms with E-state index in [0.29, 0.717) is 31.2 Å². The number of alkyl halides is 3. The number of hydrogen-bond donors (Lipinski definition) is 1. The first kappa shape index (κ1) is 16.1. The van der Waals surface area contributed by atoms with Crippen LogP contribution in [0, 0.1) is 5.92 Å². The summed E-state index contributed by atoms with van der Waals surface area (Å²) in [7, 11) is 0. The average molecular weight is 292 g/mol. The Bertz CT molecular complexity index is 288. The molecule has 0 spiro atoms. The monoisotopic (exact) mass is 292 g/mol. The summed E-state index contributed by atoms with van der Waals surface area (Å²) in [6.07, 6.45) is 1.14. The number of hydrogen-bond acceptors (Lipinski definition) is 2. The number of likely N-dealkylation sites (tertiary alicyclic amines) is 1. The van der Waals surface area contributed by atoms with E-state index in [1.165, 1.54) is 0 Å². The Hall–Kier alpha value is -0.290. The number of piperidine rings is 1. The molecule has 0 amide bonds. The van der Waals surface area contributed by atoms with Crippen molar-refractivity contribution < 1.29 is 13.2 Å². The molecule has 0 atom stereocenters. The standard InChI is InChI=1S/C15H27F3N2/c1-11(2)19-13-3-5-14(6-4-13)20-9-7-12(8-10-20)15(16,17)18/h11-14,19H,3-10H2,1-2H3. The van der Waals surface area contributed by atoms with Crippen LogP contribution >= 0.6 is 0 Å². The number of halogens is 3. The van der Waals surface area contributed by atoms with Crippen molar-refractivity contribution in [1.82, 2.24) is 10.2 Å². The summed E-state index contributed by atoms with van der Waals surface area (Å²) in [6.45, 7) is 5.57. The fraction of sp³-hybridized carbons (Fsp3) is 1.00. The van der Waals surface area contributed by atoms with Gasteiger partial charge in [0.2, 0.25) is 0 Å². The number of nitrogens with zero attached hydrogens (tertiary/aromatic N) is 1. The molecule has 0 unspecified atom stereocenters. The minimum atomic E-state index is -4.00. The van der Waals surface area contributed by atoms with Gasteiger partial charge >= 0.3 is 6.18 Å². The predicted octanol–water partition coefficient (Wildman–Crippen LogP) is 3.57. The highest BCUT2D eigenvalue weighted by molar-refractivity contribution is 4.86. The summed E-state index contributed by atoms with van der Waals surface area (Å²) in [5.74, 6) is -1.07. The van der Waals surface area contributed by atoms with E-state index in [1.54, 1.807) is 0 Å². The number of rotatable bonds is 3. The summed E-state index contributed by atoms with van der Waals surface area (Å²) < 4.78 is 38.0. The molecule has 1 aliphatic heterocycles. The molecule has 1 heterocycles. The molecule has 5 heteroatoms. The highest BCUT2D eigenvalue weighted by Gasteiger charge is 2.42. The largest absolute Gasteiger partial charge is 0.391 e. The zero-order valence-electron chi connectivity index (χ0n) is 12.5. The van der Waals surface area contributed by atoms with Crippen molar-refractivity contribution in [2.45, 2.75) is 76.7 Å². The molecular weight excluding hydrogens is 265 g/mol. The van der Waals surface area contributed by atoms with Crippen LogP contribution in [-0.2, 0) is 0 Å². The summed E-state index contributed by atoms with van der Waals surface area (Å²) in [5.41, 5.74) is 0. The lowest BCUT2D eigenvalue weighted by atomic mass is 9.87. The Kier molecular flexibility index (Phi) is 5.35. The normalized spacial score (nSPS) is 30.9. The molecule has 0 radical (unpaired) electrons. The van der Waals surface area contributed by atoms with E-state index in [-0.39, 0.29) is 12.8 Å². The van der Waals surface area contributed by atoms with Gasteiger partial charge in [-0.05, 0) is 51.6 Å². The molecule has 0 aromatic heterocycles. The molecule has 1 saturated carbocycles. The summed E-state index contributed by atoms with van der Waals surface area (Å²) >= 11 is 0. The van der Waals surface area contributed by atoms with Gasteiger partial charge in [0.15, 0.2) is 0 Å². The number of nitrogens with one attached hydrogen (secondary N) is 1. The minimum absolute atomic E-state index is 0.285. The van der Waals surface area contributed by atoms with E-state index < -0.39 is 12.1 Å². The second kappa shape index (κ2) is 6.65. The van der Waals surface area contributed by atoms with Gasteiger partial charge in [-0.3, -0.25) is 0 Å². The third-order valence-corrected chi connectivity index (χ3v) is 4.77. The quantitative estimate of drug-likeness (QED) is 0.855. The smallest absolute Gasteiger partial charge is 0.312 e. The van der Waals surface area contributed by atoms with Crippen molar-refractivity contribution in [3.63, 3.8) is 0 Å². The van der Waals surface area contributed by atoms with E-state index in [9.17, 15) is 13.2 Å². The predicted molar refractivity (Wildman–Crippen MR) is 74.7 cm³/mol. The lowest BCUT2D eigenvalue weighted by Gasteiger charge is -2.41. The molecular formula is C15H27F3N2. The Morgan fingerprint density at radius 2 is 1.50 bits per heavy atom. The molecule has 0 bridgehead atoms. The lowest BCUT2D eigenvalue weighted by Crippen LogP contribution is -2.48. The maximum absolute atomic E-state index is 12.7. The third kappa shape index (κ3) is 4.35. The molecule has 2 aliphatic rings. The van der Waals surface area contributed by atoms with Crippen LogP contribution in [0.4, 0.5) is 13.2 Å². The lowest BCUT2D eigenvalue weighted by molar-refractivity contribution is -0.186. The van der Waals surface area contributed by atoms with E-state index >= 15 is 0 Å². The Morgan fingerprint density at radius 1 is 0.950 bits per heavy atom. The van der Waals surface area contributed by atoms with Crippen molar-refractivity contribution in [2.24, 2.45) is 5.92 Å². The van der Waals surface area contributed by atoms with Crippen LogP contribution in [0.3, 0.4) is 0 Å². The molecule has 0 aromatic rings. The second-order valence-corrected chi connectivity index (χ2v) is 6.68. The maximum atomic E-state index is 12.7. The molecule has 2 nitrogen and oxygen atoms in total. The van der Waals surface area contributed by atoms with Crippen LogP contribution in [0.15, 0.2) is 0 Å². The van der Waals surface area contributed by atoms with Gasteiger partial charge in [0.1, 0.15) is 0 Å².